The van der Waals surface area contributed by atoms with Crippen molar-refractivity contribution >= 4 is 5.91 Å². The van der Waals surface area contributed by atoms with Gasteiger partial charge in [-0.3, -0.25) is 4.79 Å². The Bertz CT molecular complexity index is 454. The topological polar surface area (TPSA) is 40.5 Å². The molecule has 21 heavy (non-hydrogen) atoms. The summed E-state index contributed by atoms with van der Waals surface area (Å²) in [5.74, 6) is 0.930. The Kier molecular flexibility index (Phi) is 5.40. The zero-order valence-electron chi connectivity index (χ0n) is 13.3. The van der Waals surface area contributed by atoms with Crippen molar-refractivity contribution in [3.63, 3.8) is 0 Å². The quantitative estimate of drug-likeness (QED) is 0.874. The highest BCUT2D eigenvalue weighted by Gasteiger charge is 2.32. The summed E-state index contributed by atoms with van der Waals surface area (Å²) in [7, 11) is 1.89. The van der Waals surface area contributed by atoms with E-state index in [0.29, 0.717) is 11.8 Å². The number of aliphatic hydroxyl groups is 1. The van der Waals surface area contributed by atoms with Crippen molar-refractivity contribution < 1.29 is 9.90 Å². The van der Waals surface area contributed by atoms with Crippen molar-refractivity contribution in [2.75, 3.05) is 13.6 Å². The monoisotopic (exact) mass is 289 g/mol. The summed E-state index contributed by atoms with van der Waals surface area (Å²) in [5, 5.41) is 9.38. The molecular weight excluding hydrogens is 262 g/mol. The molecule has 0 radical (unpaired) electrons. The van der Waals surface area contributed by atoms with Gasteiger partial charge in [-0.25, -0.2) is 0 Å². The van der Waals surface area contributed by atoms with Gasteiger partial charge in [0.1, 0.15) is 0 Å². The summed E-state index contributed by atoms with van der Waals surface area (Å²) in [5.41, 5.74) is 1.11. The minimum absolute atomic E-state index is 0.0637. The van der Waals surface area contributed by atoms with Crippen LogP contribution in [0, 0.1) is 11.8 Å². The molecule has 0 spiro atoms. The average molecular weight is 289 g/mol. The molecule has 1 N–H and O–H groups in total. The van der Waals surface area contributed by atoms with Crippen LogP contribution in [0.25, 0.3) is 0 Å². The van der Waals surface area contributed by atoms with Gasteiger partial charge in [-0.2, -0.15) is 0 Å². The van der Waals surface area contributed by atoms with Gasteiger partial charge in [-0.15, -0.1) is 0 Å². The number of hydrogen-bond acceptors (Lipinski definition) is 2. The molecule has 0 aliphatic heterocycles. The molecule has 0 aromatic heterocycles. The van der Waals surface area contributed by atoms with E-state index in [9.17, 15) is 9.90 Å². The van der Waals surface area contributed by atoms with Crippen molar-refractivity contribution in [3.8, 4) is 0 Å². The Morgan fingerprint density at radius 2 is 1.95 bits per heavy atom. The predicted octanol–water partition coefficient (Wildman–Crippen LogP) is 3.05. The van der Waals surface area contributed by atoms with Crippen molar-refractivity contribution in [2.45, 2.75) is 45.1 Å². The second kappa shape index (κ2) is 7.08. The Morgan fingerprint density at radius 3 is 2.48 bits per heavy atom. The van der Waals surface area contributed by atoms with Crippen LogP contribution in [0.3, 0.4) is 0 Å². The lowest BCUT2D eigenvalue weighted by Gasteiger charge is -2.36. The molecule has 1 aliphatic rings. The molecule has 0 heterocycles. The first kappa shape index (κ1) is 16.0. The van der Waals surface area contributed by atoms with Crippen LogP contribution in [0.15, 0.2) is 30.3 Å². The Hall–Kier alpha value is -1.35. The van der Waals surface area contributed by atoms with E-state index in [2.05, 4.69) is 26.0 Å². The molecule has 1 saturated carbocycles. The standard InChI is InChI=1S/C18H27NO2/c1-4-13(2)17(15-8-6-5-7-9-15)18(21)19(3)12-14-10-16(20)11-14/h5-9,13-14,16-17,20H,4,10-12H2,1-3H3. The van der Waals surface area contributed by atoms with E-state index >= 15 is 0 Å². The normalized spacial score (nSPS) is 24.0. The highest BCUT2D eigenvalue weighted by atomic mass is 16.3. The van der Waals surface area contributed by atoms with Crippen LogP contribution in [-0.4, -0.2) is 35.6 Å². The van der Waals surface area contributed by atoms with Crippen LogP contribution >= 0.6 is 0 Å². The second-order valence-corrected chi connectivity index (χ2v) is 6.48. The summed E-state index contributed by atoms with van der Waals surface area (Å²) in [4.78, 5) is 14.7. The lowest BCUT2D eigenvalue weighted by Crippen LogP contribution is -2.42. The summed E-state index contributed by atoms with van der Waals surface area (Å²) in [6.07, 6.45) is 2.49. The third-order valence-corrected chi connectivity index (χ3v) is 4.76. The first-order valence-corrected chi connectivity index (χ1v) is 8.00. The number of nitrogens with zero attached hydrogens (tertiary/aromatic N) is 1. The van der Waals surface area contributed by atoms with Crippen LogP contribution in [0.4, 0.5) is 0 Å². The summed E-state index contributed by atoms with van der Waals surface area (Å²) in [6, 6.07) is 10.1. The number of rotatable bonds is 6. The van der Waals surface area contributed by atoms with E-state index in [1.807, 2.05) is 30.1 Å². The van der Waals surface area contributed by atoms with E-state index in [1.54, 1.807) is 0 Å². The van der Waals surface area contributed by atoms with Crippen LogP contribution in [0.2, 0.25) is 0 Å². The molecule has 1 aliphatic carbocycles. The van der Waals surface area contributed by atoms with Gasteiger partial charge < -0.3 is 10.0 Å². The number of benzene rings is 1. The molecule has 1 amide bonds. The molecule has 0 bridgehead atoms. The van der Waals surface area contributed by atoms with Gasteiger partial charge in [0.15, 0.2) is 0 Å². The van der Waals surface area contributed by atoms with Crippen molar-refractivity contribution in [1.29, 1.82) is 0 Å². The van der Waals surface area contributed by atoms with E-state index < -0.39 is 0 Å². The Morgan fingerprint density at radius 1 is 1.33 bits per heavy atom. The van der Waals surface area contributed by atoms with Gasteiger partial charge in [0.05, 0.1) is 12.0 Å². The lowest BCUT2D eigenvalue weighted by atomic mass is 9.81. The first-order chi connectivity index (χ1) is 10.0. The maximum Gasteiger partial charge on any atom is 0.230 e. The SMILES string of the molecule is CCC(C)C(C(=O)N(C)CC1CC(O)C1)c1ccccc1. The van der Waals surface area contributed by atoms with Crippen molar-refractivity contribution in [3.05, 3.63) is 35.9 Å². The minimum Gasteiger partial charge on any atom is -0.393 e. The molecule has 3 nitrogen and oxygen atoms in total. The average Bonchev–Trinajstić information content (AvgIpc) is 2.46. The van der Waals surface area contributed by atoms with E-state index in [0.717, 1.165) is 31.4 Å². The number of aliphatic hydroxyl groups excluding tert-OH is 1. The van der Waals surface area contributed by atoms with Gasteiger partial charge >= 0.3 is 0 Å². The molecule has 2 unspecified atom stereocenters. The molecule has 1 aromatic rings. The first-order valence-electron chi connectivity index (χ1n) is 8.00. The maximum atomic E-state index is 12.9. The van der Waals surface area contributed by atoms with E-state index in [-0.39, 0.29) is 17.9 Å². The molecule has 116 valence electrons. The van der Waals surface area contributed by atoms with Crippen LogP contribution in [-0.2, 0) is 4.79 Å². The number of carbonyl (C=O) groups is 1. The zero-order valence-corrected chi connectivity index (χ0v) is 13.3. The van der Waals surface area contributed by atoms with Gasteiger partial charge in [0.2, 0.25) is 5.91 Å². The number of hydrogen-bond donors (Lipinski definition) is 1. The van der Waals surface area contributed by atoms with Crippen LogP contribution < -0.4 is 0 Å². The fourth-order valence-electron chi connectivity index (χ4n) is 3.17. The third-order valence-electron chi connectivity index (χ3n) is 4.76. The van der Waals surface area contributed by atoms with Crippen molar-refractivity contribution in [2.24, 2.45) is 11.8 Å². The lowest BCUT2D eigenvalue weighted by molar-refractivity contribution is -0.134. The predicted molar refractivity (Wildman–Crippen MR) is 85.0 cm³/mol. The van der Waals surface area contributed by atoms with E-state index in [4.69, 9.17) is 0 Å². The van der Waals surface area contributed by atoms with Crippen LogP contribution in [0.5, 0.6) is 0 Å². The molecular formula is C18H27NO2. The third kappa shape index (κ3) is 3.85. The van der Waals surface area contributed by atoms with E-state index in [1.165, 1.54) is 0 Å². The summed E-state index contributed by atoms with van der Waals surface area (Å²) >= 11 is 0. The maximum absolute atomic E-state index is 12.9. The van der Waals surface area contributed by atoms with Gasteiger partial charge in [0, 0.05) is 13.6 Å². The largest absolute Gasteiger partial charge is 0.393 e. The van der Waals surface area contributed by atoms with Gasteiger partial charge in [0.25, 0.3) is 0 Å². The molecule has 1 aromatic carbocycles. The summed E-state index contributed by atoms with van der Waals surface area (Å²) in [6.45, 7) is 5.04. The summed E-state index contributed by atoms with van der Waals surface area (Å²) < 4.78 is 0. The second-order valence-electron chi connectivity index (χ2n) is 6.48. The molecule has 3 heteroatoms. The smallest absolute Gasteiger partial charge is 0.230 e. The Balaban J connectivity index is 2.07. The highest BCUT2D eigenvalue weighted by molar-refractivity contribution is 5.83. The van der Waals surface area contributed by atoms with Crippen molar-refractivity contribution in [1.82, 2.24) is 4.90 Å². The van der Waals surface area contributed by atoms with Gasteiger partial charge in [-0.05, 0) is 30.2 Å². The highest BCUT2D eigenvalue weighted by Crippen LogP contribution is 2.31. The molecule has 2 atom stereocenters. The number of amides is 1. The fourth-order valence-corrected chi connectivity index (χ4v) is 3.17. The Labute approximate surface area is 128 Å². The molecule has 2 rings (SSSR count). The molecule has 1 fully saturated rings. The van der Waals surface area contributed by atoms with Gasteiger partial charge in [-0.1, -0.05) is 50.6 Å². The zero-order chi connectivity index (χ0) is 15.4. The van der Waals surface area contributed by atoms with Crippen LogP contribution in [0.1, 0.15) is 44.6 Å². The minimum atomic E-state index is -0.155. The number of carbonyl (C=O) groups excluding carboxylic acids is 1. The fraction of sp³-hybridized carbons (Fsp3) is 0.611. The molecule has 0 saturated heterocycles. The number of likely N-dealkylation sites (N-methyl/N-ethyl adjacent to an activating group) is 1.